The number of amides is 3. The minimum Gasteiger partial charge on any atom is -0.386 e. The number of aldehydes is 1. The van der Waals surface area contributed by atoms with E-state index in [0.29, 0.717) is 67.4 Å². The van der Waals surface area contributed by atoms with Crippen LogP contribution >= 0.6 is 13.5 Å². The van der Waals surface area contributed by atoms with E-state index in [1.165, 1.54) is 63.3 Å². The van der Waals surface area contributed by atoms with Gasteiger partial charge in [0.15, 0.2) is 11.5 Å². The number of piperidine rings is 1. The number of anilines is 1. The smallest absolute Gasteiger partial charge is 0.274 e. The van der Waals surface area contributed by atoms with Crippen molar-refractivity contribution in [2.24, 2.45) is 5.92 Å². The number of piperazine rings is 2. The molecule has 18 heteroatoms. The molecule has 0 atom stereocenters. The standard InChI is InChI=1S/C27H39N5O.C21H19FN4O3.C9H10O.C6H11NO.C2H6.H2S/c1-4-21-7-6-8-23(17-21)24-18-25(28-3)26(29-19-24)27(33)32-11-9-22(10-12-32)20-31-15-13-30(5-2)14-16-31;22-18-6-5-14(11-17(18)21(29)26-9-7-25(13-27)8-10-26)12-19-15-3-1-2-4-16(15)20(28)24-23-19;1-7-5-3-4-6-9(7)8(2)10;1-7(4-5-8)6-2-3-6;1-2;/h6-8,17-19,22,28H,4-5,9-16,20H2,1-3H3;1-6,11,13H,7-10,12H2,(H,24,28);3-6H,1-2H3;5-6H,2-4H2,1H3;1-2H3;1H2. The van der Waals surface area contributed by atoms with E-state index in [9.17, 15) is 33.2 Å². The van der Waals surface area contributed by atoms with Crippen molar-refractivity contribution in [1.29, 1.82) is 0 Å². The summed E-state index contributed by atoms with van der Waals surface area (Å²) in [6, 6.07) is 30.5. The molecule has 16 nitrogen and oxygen atoms in total. The summed E-state index contributed by atoms with van der Waals surface area (Å²) < 4.78 is 14.4. The number of hydrogen-bond acceptors (Lipinski definition) is 12. The largest absolute Gasteiger partial charge is 0.386 e. The number of nitrogens with zero attached hydrogens (tertiary/aromatic N) is 8. The molecule has 3 amide bonds. The van der Waals surface area contributed by atoms with Gasteiger partial charge in [0.25, 0.3) is 17.4 Å². The van der Waals surface area contributed by atoms with Gasteiger partial charge >= 0.3 is 0 Å². The van der Waals surface area contributed by atoms with E-state index >= 15 is 0 Å². The molecule has 4 aliphatic rings. The number of rotatable bonds is 15. The molecule has 3 saturated heterocycles. The number of carbonyl (C=O) groups is 5. The van der Waals surface area contributed by atoms with Crippen molar-refractivity contribution < 1.29 is 28.4 Å². The summed E-state index contributed by atoms with van der Waals surface area (Å²) in [5.74, 6) is -0.112. The summed E-state index contributed by atoms with van der Waals surface area (Å²) in [6.45, 7) is 22.8. The van der Waals surface area contributed by atoms with Crippen LogP contribution in [0.2, 0.25) is 0 Å². The first-order chi connectivity index (χ1) is 39.7. The minimum atomic E-state index is -0.587. The van der Waals surface area contributed by atoms with Crippen LogP contribution in [0.5, 0.6) is 0 Å². The third kappa shape index (κ3) is 19.2. The Morgan fingerprint density at radius 3 is 1.99 bits per heavy atom. The number of benzene rings is 4. The zero-order chi connectivity index (χ0) is 59.1. The monoisotopic (exact) mass is 1150 g/mol. The first kappa shape index (κ1) is 66.7. The molecule has 10 rings (SSSR count). The second-order valence-electron chi connectivity index (χ2n) is 21.1. The molecule has 446 valence electrons. The van der Waals surface area contributed by atoms with E-state index in [1.54, 1.807) is 34.9 Å². The summed E-state index contributed by atoms with van der Waals surface area (Å²) in [5.41, 5.74) is 7.76. The lowest BCUT2D eigenvalue weighted by atomic mass is 9.95. The molecule has 0 radical (unpaired) electrons. The molecule has 4 aromatic carbocycles. The van der Waals surface area contributed by atoms with E-state index in [4.69, 9.17) is 0 Å². The molecule has 1 aliphatic carbocycles. The van der Waals surface area contributed by atoms with Crippen LogP contribution in [0.3, 0.4) is 0 Å². The first-order valence-corrected chi connectivity index (χ1v) is 29.2. The number of aryl methyl sites for hydroxylation is 2. The van der Waals surface area contributed by atoms with E-state index in [2.05, 4.69) is 79.4 Å². The highest BCUT2D eigenvalue weighted by molar-refractivity contribution is 7.59. The minimum absolute atomic E-state index is 0. The maximum absolute atomic E-state index is 14.4. The number of likely N-dealkylation sites (tertiary alicyclic amines) is 1. The fraction of sp³-hybridized carbons (Fsp3) is 0.446. The van der Waals surface area contributed by atoms with Crippen LogP contribution < -0.4 is 10.9 Å². The topological polar surface area (TPSA) is 175 Å². The van der Waals surface area contributed by atoms with Gasteiger partial charge in [-0.1, -0.05) is 100 Å². The molecule has 0 spiro atoms. The molecule has 0 bridgehead atoms. The summed E-state index contributed by atoms with van der Waals surface area (Å²) in [4.78, 5) is 86.6. The zero-order valence-electron chi connectivity index (χ0n) is 50.0. The second kappa shape index (κ2) is 33.9. The van der Waals surface area contributed by atoms with Gasteiger partial charge in [-0.3, -0.25) is 28.9 Å². The summed E-state index contributed by atoms with van der Waals surface area (Å²) in [6.07, 6.45) is 9.62. The number of aromatic amines is 1. The van der Waals surface area contributed by atoms with Crippen LogP contribution in [0.1, 0.15) is 114 Å². The Morgan fingerprint density at radius 2 is 1.39 bits per heavy atom. The van der Waals surface area contributed by atoms with E-state index in [1.807, 2.05) is 82.4 Å². The number of carbonyl (C=O) groups excluding carboxylic acids is 5. The third-order valence-corrected chi connectivity index (χ3v) is 15.6. The van der Waals surface area contributed by atoms with Crippen LogP contribution in [-0.2, 0) is 22.4 Å². The van der Waals surface area contributed by atoms with Crippen molar-refractivity contribution in [2.75, 3.05) is 104 Å². The van der Waals surface area contributed by atoms with Crippen molar-refractivity contribution in [1.82, 2.24) is 44.6 Å². The normalized spacial score (nSPS) is 15.4. The number of fused-ring (bicyclic) bond motifs is 1. The summed E-state index contributed by atoms with van der Waals surface area (Å²) in [7, 11) is 3.86. The zero-order valence-corrected chi connectivity index (χ0v) is 51.0. The molecule has 2 N–H and O–H groups in total. The Balaban J connectivity index is 0.000000227. The van der Waals surface area contributed by atoms with Crippen LogP contribution in [0, 0.1) is 18.7 Å². The number of Topliss-reactive ketones (excluding diaryl/α,β-unsaturated/α-hetero) is 1. The van der Waals surface area contributed by atoms with Gasteiger partial charge in [0.05, 0.1) is 28.9 Å². The molecule has 5 heterocycles. The Morgan fingerprint density at radius 1 is 0.735 bits per heavy atom. The molecule has 83 heavy (non-hydrogen) atoms. The molecule has 0 unspecified atom stereocenters. The van der Waals surface area contributed by atoms with Gasteiger partial charge in [0, 0.05) is 114 Å². The lowest BCUT2D eigenvalue weighted by Gasteiger charge is -2.38. The number of likely N-dealkylation sites (N-methyl/N-ethyl adjacent to an activating group) is 2. The highest BCUT2D eigenvalue weighted by Gasteiger charge is 2.29. The molecule has 2 aromatic heterocycles. The first-order valence-electron chi connectivity index (χ1n) is 29.2. The quantitative estimate of drug-likeness (QED) is 0.0739. The van der Waals surface area contributed by atoms with Gasteiger partial charge in [-0.05, 0) is 112 Å². The van der Waals surface area contributed by atoms with E-state index in [0.717, 1.165) is 91.0 Å². The van der Waals surface area contributed by atoms with Crippen LogP contribution in [0.15, 0.2) is 108 Å². The number of H-pyrrole nitrogens is 1. The summed E-state index contributed by atoms with van der Waals surface area (Å²) in [5, 5.41) is 11.1. The fourth-order valence-corrected chi connectivity index (χ4v) is 10.4. The number of halogens is 1. The molecular weight excluding hydrogens is 1070 g/mol. The number of aromatic nitrogens is 3. The second-order valence-corrected chi connectivity index (χ2v) is 21.1. The number of hydrogen-bond donors (Lipinski definition) is 2. The molecular formula is C65H87FN10O6S. The van der Waals surface area contributed by atoms with Crippen molar-refractivity contribution >= 4 is 60.2 Å². The molecule has 3 aliphatic heterocycles. The average Bonchev–Trinajstić information content (AvgIpc) is 4.48. The Hall–Kier alpha value is -7.12. The van der Waals surface area contributed by atoms with E-state index in [-0.39, 0.29) is 36.3 Å². The van der Waals surface area contributed by atoms with Crippen LogP contribution in [-0.4, -0.2) is 180 Å². The Kier molecular flexibility index (Phi) is 27.2. The van der Waals surface area contributed by atoms with Gasteiger partial charge < -0.3 is 34.6 Å². The maximum Gasteiger partial charge on any atom is 0.274 e. The van der Waals surface area contributed by atoms with Crippen molar-refractivity contribution in [3.63, 3.8) is 0 Å². The Bertz CT molecular complexity index is 3110. The molecule has 4 fully saturated rings. The summed E-state index contributed by atoms with van der Waals surface area (Å²) >= 11 is 0. The highest BCUT2D eigenvalue weighted by atomic mass is 32.1. The van der Waals surface area contributed by atoms with Gasteiger partial charge in [-0.15, -0.1) is 0 Å². The van der Waals surface area contributed by atoms with Crippen LogP contribution in [0.25, 0.3) is 21.9 Å². The predicted octanol–water partition coefficient (Wildman–Crippen LogP) is 9.03. The van der Waals surface area contributed by atoms with Gasteiger partial charge in [0.2, 0.25) is 6.41 Å². The lowest BCUT2D eigenvalue weighted by molar-refractivity contribution is -0.119. The average molecular weight is 1160 g/mol. The van der Waals surface area contributed by atoms with Crippen molar-refractivity contribution in [2.45, 2.75) is 86.1 Å². The number of ketones is 1. The van der Waals surface area contributed by atoms with Gasteiger partial charge in [-0.25, -0.2) is 14.5 Å². The van der Waals surface area contributed by atoms with Gasteiger partial charge in [0.1, 0.15) is 12.1 Å². The molecule has 6 aromatic rings. The maximum atomic E-state index is 14.4. The van der Waals surface area contributed by atoms with Gasteiger partial charge in [-0.2, -0.15) is 18.6 Å². The number of nitrogens with one attached hydrogen (secondary N) is 2. The third-order valence-electron chi connectivity index (χ3n) is 15.6. The van der Waals surface area contributed by atoms with Crippen molar-refractivity contribution in [3.8, 4) is 11.1 Å². The van der Waals surface area contributed by atoms with Crippen molar-refractivity contribution in [3.05, 3.63) is 159 Å². The van der Waals surface area contributed by atoms with Crippen LogP contribution in [0.4, 0.5) is 10.1 Å². The Labute approximate surface area is 497 Å². The SMILES string of the molecule is CC.CC(=O)c1ccccc1C.CCc1cccc(-c2cnc(C(=O)N3CCC(CN4CCN(CC)CC4)CC3)c(NC)c2)c1.CN(CC=O)C1CC1.O=CN1CCN(C(=O)c2cc(Cc3n[nH]c(=O)c4ccccc34)ccc2F)CC1.S. The highest BCUT2D eigenvalue weighted by Crippen LogP contribution is 2.28. The lowest BCUT2D eigenvalue weighted by Crippen LogP contribution is -2.49. The predicted molar refractivity (Wildman–Crippen MR) is 336 cm³/mol. The number of pyridine rings is 1. The molecule has 1 saturated carbocycles. The van der Waals surface area contributed by atoms with E-state index < -0.39 is 11.7 Å². The fourth-order valence-electron chi connectivity index (χ4n) is 10.4.